The highest BCUT2D eigenvalue weighted by atomic mass is 35.5. The fourth-order valence-electron chi connectivity index (χ4n) is 1.26. The molecule has 0 radical (unpaired) electrons. The third-order valence-electron chi connectivity index (χ3n) is 2.04. The molecule has 80 valence electrons. The Labute approximate surface area is 89.6 Å². The van der Waals surface area contributed by atoms with Gasteiger partial charge in [-0.1, -0.05) is 11.6 Å². The molecule has 5 heteroatoms. The summed E-state index contributed by atoms with van der Waals surface area (Å²) < 4.78 is 1.93. The van der Waals surface area contributed by atoms with Crippen LogP contribution in [0.25, 0.3) is 0 Å². The number of hydrogen-bond acceptors (Lipinski definition) is 3. The molecule has 0 fully saturated rings. The summed E-state index contributed by atoms with van der Waals surface area (Å²) in [4.78, 5) is 2.11. The number of halogens is 1. The van der Waals surface area contributed by atoms with E-state index in [2.05, 4.69) is 10.00 Å². The molecule has 0 spiro atoms. The molecule has 0 amide bonds. The number of nitrogens with zero attached hydrogens (tertiary/aromatic N) is 3. The van der Waals surface area contributed by atoms with Crippen LogP contribution in [0, 0.1) is 0 Å². The van der Waals surface area contributed by atoms with Crippen molar-refractivity contribution in [2.75, 3.05) is 27.2 Å². The summed E-state index contributed by atoms with van der Waals surface area (Å²) in [7, 11) is 4.07. The standard InChI is InChI=1S/C9H17ClN4/c1-13(2)5-6-14-9(3-4-11)8(10)7-12-14/h7H,3-6,11H2,1-2H3. The smallest absolute Gasteiger partial charge is 0.0818 e. The highest BCUT2D eigenvalue weighted by Gasteiger charge is 2.07. The fraction of sp³-hybridized carbons (Fsp3) is 0.667. The number of rotatable bonds is 5. The minimum absolute atomic E-state index is 0.605. The van der Waals surface area contributed by atoms with E-state index in [1.165, 1.54) is 0 Å². The summed E-state index contributed by atoms with van der Waals surface area (Å²) in [6, 6.07) is 0. The van der Waals surface area contributed by atoms with Gasteiger partial charge < -0.3 is 10.6 Å². The average Bonchev–Trinajstić information content (AvgIpc) is 2.46. The van der Waals surface area contributed by atoms with Gasteiger partial charge in [-0.3, -0.25) is 4.68 Å². The van der Waals surface area contributed by atoms with E-state index < -0.39 is 0 Å². The van der Waals surface area contributed by atoms with Gasteiger partial charge in [0.05, 0.1) is 23.5 Å². The van der Waals surface area contributed by atoms with Crippen LogP contribution < -0.4 is 5.73 Å². The summed E-state index contributed by atoms with van der Waals surface area (Å²) in [6.07, 6.45) is 2.47. The largest absolute Gasteiger partial charge is 0.330 e. The van der Waals surface area contributed by atoms with E-state index >= 15 is 0 Å². The molecule has 1 rings (SSSR count). The van der Waals surface area contributed by atoms with Gasteiger partial charge in [-0.15, -0.1) is 0 Å². The van der Waals surface area contributed by atoms with Gasteiger partial charge in [0, 0.05) is 13.0 Å². The number of likely N-dealkylation sites (N-methyl/N-ethyl adjacent to an activating group) is 1. The SMILES string of the molecule is CN(C)CCn1ncc(Cl)c1CCN. The van der Waals surface area contributed by atoms with E-state index in [1.807, 2.05) is 18.8 Å². The molecule has 1 aromatic rings. The first-order valence-electron chi connectivity index (χ1n) is 4.70. The summed E-state index contributed by atoms with van der Waals surface area (Å²) >= 11 is 5.99. The first kappa shape index (κ1) is 11.5. The van der Waals surface area contributed by atoms with Gasteiger partial charge in [0.1, 0.15) is 0 Å². The maximum Gasteiger partial charge on any atom is 0.0818 e. The molecular weight excluding hydrogens is 200 g/mol. The molecule has 0 aliphatic carbocycles. The normalized spacial score (nSPS) is 11.2. The van der Waals surface area contributed by atoms with E-state index in [0.29, 0.717) is 11.6 Å². The monoisotopic (exact) mass is 216 g/mol. The van der Waals surface area contributed by atoms with Crippen LogP contribution in [0.15, 0.2) is 6.20 Å². The summed E-state index contributed by atoms with van der Waals surface area (Å²) in [5, 5.41) is 4.93. The highest BCUT2D eigenvalue weighted by molar-refractivity contribution is 6.31. The van der Waals surface area contributed by atoms with E-state index in [9.17, 15) is 0 Å². The van der Waals surface area contributed by atoms with Crippen LogP contribution in [-0.2, 0) is 13.0 Å². The Morgan fingerprint density at radius 1 is 1.57 bits per heavy atom. The quantitative estimate of drug-likeness (QED) is 0.784. The molecule has 0 atom stereocenters. The lowest BCUT2D eigenvalue weighted by atomic mass is 10.3. The van der Waals surface area contributed by atoms with Crippen molar-refractivity contribution in [3.05, 3.63) is 16.9 Å². The molecule has 2 N–H and O–H groups in total. The van der Waals surface area contributed by atoms with Crippen molar-refractivity contribution >= 4 is 11.6 Å². The number of hydrogen-bond donors (Lipinski definition) is 1. The summed E-state index contributed by atoms with van der Waals surface area (Å²) in [6.45, 7) is 2.41. The van der Waals surface area contributed by atoms with Gasteiger partial charge in [0.25, 0.3) is 0 Å². The van der Waals surface area contributed by atoms with Gasteiger partial charge in [-0.2, -0.15) is 5.10 Å². The topological polar surface area (TPSA) is 47.1 Å². The number of nitrogens with two attached hydrogens (primary N) is 1. The lowest BCUT2D eigenvalue weighted by Crippen LogP contribution is -2.21. The van der Waals surface area contributed by atoms with Crippen LogP contribution in [-0.4, -0.2) is 41.9 Å². The molecule has 14 heavy (non-hydrogen) atoms. The maximum atomic E-state index is 5.99. The Bertz CT molecular complexity index is 282. The van der Waals surface area contributed by atoms with Crippen LogP contribution >= 0.6 is 11.6 Å². The zero-order valence-corrected chi connectivity index (χ0v) is 9.46. The first-order valence-corrected chi connectivity index (χ1v) is 5.08. The molecule has 0 bridgehead atoms. The predicted octanol–water partition coefficient (Wildman–Crippen LogP) is 0.599. The molecule has 4 nitrogen and oxygen atoms in total. The van der Waals surface area contributed by atoms with Crippen molar-refractivity contribution in [2.24, 2.45) is 5.73 Å². The Balaban J connectivity index is 2.65. The molecule has 0 aliphatic rings. The van der Waals surface area contributed by atoms with E-state index in [4.69, 9.17) is 17.3 Å². The van der Waals surface area contributed by atoms with E-state index in [1.54, 1.807) is 6.20 Å². The number of aromatic nitrogens is 2. The van der Waals surface area contributed by atoms with Crippen molar-refractivity contribution in [3.63, 3.8) is 0 Å². The first-order chi connectivity index (χ1) is 6.65. The van der Waals surface area contributed by atoms with Gasteiger partial charge >= 0.3 is 0 Å². The fourth-order valence-corrected chi connectivity index (χ4v) is 1.50. The summed E-state index contributed by atoms with van der Waals surface area (Å²) in [5.41, 5.74) is 6.54. The van der Waals surface area contributed by atoms with Crippen LogP contribution in [0.2, 0.25) is 5.02 Å². The molecule has 1 aromatic heterocycles. The molecule has 0 aromatic carbocycles. The zero-order valence-electron chi connectivity index (χ0n) is 8.70. The maximum absolute atomic E-state index is 5.99. The highest BCUT2D eigenvalue weighted by Crippen LogP contribution is 2.14. The van der Waals surface area contributed by atoms with Gasteiger partial charge in [0.2, 0.25) is 0 Å². The minimum Gasteiger partial charge on any atom is -0.330 e. The second-order valence-electron chi connectivity index (χ2n) is 3.50. The molecule has 0 aliphatic heterocycles. The van der Waals surface area contributed by atoms with Crippen molar-refractivity contribution in [1.82, 2.24) is 14.7 Å². The molecule has 0 saturated heterocycles. The third-order valence-corrected chi connectivity index (χ3v) is 2.35. The molecule has 0 unspecified atom stereocenters. The molecule has 0 saturated carbocycles. The summed E-state index contributed by atoms with van der Waals surface area (Å²) in [5.74, 6) is 0. The lowest BCUT2D eigenvalue weighted by molar-refractivity contribution is 0.369. The van der Waals surface area contributed by atoms with Crippen molar-refractivity contribution in [2.45, 2.75) is 13.0 Å². The van der Waals surface area contributed by atoms with Crippen molar-refractivity contribution in [1.29, 1.82) is 0 Å². The minimum atomic E-state index is 0.605. The van der Waals surface area contributed by atoms with Gasteiger partial charge in [-0.25, -0.2) is 0 Å². The zero-order chi connectivity index (χ0) is 10.6. The second kappa shape index (κ2) is 5.34. The third kappa shape index (κ3) is 2.97. The van der Waals surface area contributed by atoms with Crippen LogP contribution in [0.5, 0.6) is 0 Å². The Hall–Kier alpha value is -0.580. The van der Waals surface area contributed by atoms with Crippen LogP contribution in [0.3, 0.4) is 0 Å². The van der Waals surface area contributed by atoms with E-state index in [-0.39, 0.29) is 0 Å². The predicted molar refractivity (Wildman–Crippen MR) is 58.5 cm³/mol. The molecule has 1 heterocycles. The Kier molecular flexibility index (Phi) is 4.38. The average molecular weight is 217 g/mol. The Morgan fingerprint density at radius 2 is 2.29 bits per heavy atom. The van der Waals surface area contributed by atoms with Crippen LogP contribution in [0.4, 0.5) is 0 Å². The van der Waals surface area contributed by atoms with E-state index in [0.717, 1.165) is 25.2 Å². The van der Waals surface area contributed by atoms with Crippen molar-refractivity contribution in [3.8, 4) is 0 Å². The lowest BCUT2D eigenvalue weighted by Gasteiger charge is -2.11. The van der Waals surface area contributed by atoms with Gasteiger partial charge in [0.15, 0.2) is 0 Å². The second-order valence-corrected chi connectivity index (χ2v) is 3.91. The van der Waals surface area contributed by atoms with Gasteiger partial charge in [-0.05, 0) is 20.6 Å². The van der Waals surface area contributed by atoms with Crippen LogP contribution in [0.1, 0.15) is 5.69 Å². The van der Waals surface area contributed by atoms with Crippen molar-refractivity contribution < 1.29 is 0 Å². The molecular formula is C9H17ClN4. The Morgan fingerprint density at radius 3 is 2.86 bits per heavy atom.